The van der Waals surface area contributed by atoms with Crippen molar-refractivity contribution in [1.82, 2.24) is 0 Å². The SMILES string of the molecule is Cc1ccc(C(F)(F)Oc2cc(F)c(/C(F)=C/C(F)(F)F)c(F)c2)c(F)c1F. The van der Waals surface area contributed by atoms with Crippen LogP contribution in [0.2, 0.25) is 0 Å². The van der Waals surface area contributed by atoms with E-state index < -0.39 is 64.3 Å². The van der Waals surface area contributed by atoms with E-state index >= 15 is 0 Å². The zero-order valence-electron chi connectivity index (χ0n) is 13.6. The number of hydrogen-bond acceptors (Lipinski definition) is 1. The van der Waals surface area contributed by atoms with E-state index in [4.69, 9.17) is 0 Å². The Labute approximate surface area is 150 Å². The average molecular weight is 418 g/mol. The molecule has 11 heteroatoms. The smallest absolute Gasteiger partial charge is 0.429 e. The average Bonchev–Trinajstić information content (AvgIpc) is 2.49. The Morgan fingerprint density at radius 1 is 0.893 bits per heavy atom. The Hall–Kier alpha value is -2.72. The minimum atomic E-state index is -5.24. The van der Waals surface area contributed by atoms with Crippen LogP contribution in [0, 0.1) is 30.2 Å². The lowest BCUT2D eigenvalue weighted by Crippen LogP contribution is -2.24. The molecule has 0 radical (unpaired) electrons. The zero-order valence-corrected chi connectivity index (χ0v) is 13.6. The highest BCUT2D eigenvalue weighted by atomic mass is 19.4. The summed E-state index contributed by atoms with van der Waals surface area (Å²) in [6.45, 7) is 1.09. The number of hydrogen-bond donors (Lipinski definition) is 0. The van der Waals surface area contributed by atoms with Crippen LogP contribution in [0.15, 0.2) is 30.3 Å². The number of aryl methyl sites for hydroxylation is 1. The molecule has 0 aromatic heterocycles. The first-order valence-corrected chi connectivity index (χ1v) is 7.19. The van der Waals surface area contributed by atoms with Gasteiger partial charge in [-0.25, -0.2) is 22.0 Å². The molecule has 0 amide bonds. The summed E-state index contributed by atoms with van der Waals surface area (Å²) in [6.07, 6.45) is -10.9. The van der Waals surface area contributed by atoms with Gasteiger partial charge in [0.1, 0.15) is 28.8 Å². The highest BCUT2D eigenvalue weighted by Crippen LogP contribution is 2.37. The van der Waals surface area contributed by atoms with E-state index in [9.17, 15) is 43.9 Å². The first-order valence-electron chi connectivity index (χ1n) is 7.19. The Morgan fingerprint density at radius 2 is 1.43 bits per heavy atom. The highest BCUT2D eigenvalue weighted by Gasteiger charge is 2.39. The summed E-state index contributed by atoms with van der Waals surface area (Å²) >= 11 is 0. The predicted molar refractivity (Wildman–Crippen MR) is 77.1 cm³/mol. The first-order chi connectivity index (χ1) is 12.7. The molecular weight excluding hydrogens is 410 g/mol. The Morgan fingerprint density at radius 3 is 1.93 bits per heavy atom. The third kappa shape index (κ3) is 4.57. The normalized spacial score (nSPS) is 13.0. The van der Waals surface area contributed by atoms with Gasteiger partial charge in [0.05, 0.1) is 11.6 Å². The second-order valence-corrected chi connectivity index (χ2v) is 5.47. The van der Waals surface area contributed by atoms with Crippen LogP contribution in [0.1, 0.15) is 16.7 Å². The van der Waals surface area contributed by atoms with Crippen LogP contribution >= 0.6 is 0 Å². The fourth-order valence-electron chi connectivity index (χ4n) is 2.13. The lowest BCUT2D eigenvalue weighted by atomic mass is 10.1. The summed E-state index contributed by atoms with van der Waals surface area (Å²) in [4.78, 5) is 0. The van der Waals surface area contributed by atoms with Crippen molar-refractivity contribution >= 4 is 5.83 Å². The van der Waals surface area contributed by atoms with Crippen LogP contribution in [0.4, 0.5) is 43.9 Å². The zero-order chi connectivity index (χ0) is 21.4. The molecule has 2 aromatic carbocycles. The van der Waals surface area contributed by atoms with E-state index in [1.165, 1.54) is 0 Å². The predicted octanol–water partition coefficient (Wildman–Crippen LogP) is 6.55. The van der Waals surface area contributed by atoms with Gasteiger partial charge in [0.2, 0.25) is 0 Å². The van der Waals surface area contributed by atoms with Gasteiger partial charge in [-0.1, -0.05) is 6.07 Å². The summed E-state index contributed by atoms with van der Waals surface area (Å²) in [5.74, 6) is -11.2. The maximum absolute atomic E-state index is 14.1. The molecular formula is C17H8F10O. The van der Waals surface area contributed by atoms with Crippen LogP contribution in [-0.2, 0) is 6.11 Å². The summed E-state index contributed by atoms with van der Waals surface area (Å²) in [6, 6.07) is 1.21. The number of alkyl halides is 5. The van der Waals surface area contributed by atoms with Crippen LogP contribution < -0.4 is 4.74 Å². The Bertz CT molecular complexity index is 907. The summed E-state index contributed by atoms with van der Waals surface area (Å²) in [7, 11) is 0. The van der Waals surface area contributed by atoms with Crippen molar-refractivity contribution < 1.29 is 48.6 Å². The molecule has 0 spiro atoms. The van der Waals surface area contributed by atoms with E-state index in [0.29, 0.717) is 6.07 Å². The summed E-state index contributed by atoms with van der Waals surface area (Å²) in [5, 5.41) is 0. The topological polar surface area (TPSA) is 9.23 Å². The number of allylic oxidation sites excluding steroid dienone is 1. The van der Waals surface area contributed by atoms with Crippen LogP contribution in [-0.4, -0.2) is 6.18 Å². The standard InChI is InChI=1S/C17H8F10O/c1-7-2-3-9(15(22)14(7)21)17(26,27)28-8-4-10(18)13(11(19)5-8)12(20)6-16(23,24)25/h2-6H,1H3/b12-6-. The minimum Gasteiger partial charge on any atom is -0.429 e. The molecule has 0 N–H and O–H groups in total. The van der Waals surface area contributed by atoms with Crippen molar-refractivity contribution in [2.24, 2.45) is 0 Å². The minimum absolute atomic E-state index is 0.0292. The molecule has 28 heavy (non-hydrogen) atoms. The van der Waals surface area contributed by atoms with Crippen molar-refractivity contribution in [2.45, 2.75) is 19.2 Å². The number of rotatable bonds is 4. The number of benzene rings is 2. The van der Waals surface area contributed by atoms with Gasteiger partial charge in [0, 0.05) is 12.1 Å². The molecule has 152 valence electrons. The molecule has 0 bridgehead atoms. The fraction of sp³-hybridized carbons (Fsp3) is 0.176. The van der Waals surface area contributed by atoms with E-state index in [1.807, 2.05) is 0 Å². The van der Waals surface area contributed by atoms with Gasteiger partial charge in [-0.15, -0.1) is 0 Å². The lowest BCUT2D eigenvalue weighted by Gasteiger charge is -2.20. The largest absolute Gasteiger partial charge is 0.429 e. The second-order valence-electron chi connectivity index (χ2n) is 5.47. The van der Waals surface area contributed by atoms with Crippen molar-refractivity contribution in [3.63, 3.8) is 0 Å². The van der Waals surface area contributed by atoms with E-state index in [0.717, 1.165) is 13.0 Å². The molecule has 0 aliphatic heterocycles. The monoisotopic (exact) mass is 418 g/mol. The summed E-state index contributed by atoms with van der Waals surface area (Å²) in [5.41, 5.74) is -3.66. The van der Waals surface area contributed by atoms with E-state index in [1.54, 1.807) is 0 Å². The molecule has 2 rings (SSSR count). The quantitative estimate of drug-likeness (QED) is 0.512. The van der Waals surface area contributed by atoms with Gasteiger partial charge >= 0.3 is 12.3 Å². The fourth-order valence-corrected chi connectivity index (χ4v) is 2.13. The van der Waals surface area contributed by atoms with Crippen molar-refractivity contribution in [3.05, 3.63) is 70.3 Å². The van der Waals surface area contributed by atoms with Gasteiger partial charge in [-0.3, -0.25) is 0 Å². The van der Waals surface area contributed by atoms with Crippen molar-refractivity contribution in [2.75, 3.05) is 0 Å². The highest BCUT2D eigenvalue weighted by molar-refractivity contribution is 5.61. The molecule has 0 aliphatic carbocycles. The van der Waals surface area contributed by atoms with Crippen molar-refractivity contribution in [1.29, 1.82) is 0 Å². The van der Waals surface area contributed by atoms with Gasteiger partial charge in [-0.05, 0) is 18.6 Å². The molecule has 2 aromatic rings. The van der Waals surface area contributed by atoms with Gasteiger partial charge in [0.15, 0.2) is 11.6 Å². The molecule has 0 unspecified atom stereocenters. The summed E-state index contributed by atoms with van der Waals surface area (Å²) < 4.78 is 136. The third-order valence-electron chi connectivity index (χ3n) is 3.38. The van der Waals surface area contributed by atoms with Gasteiger partial charge in [-0.2, -0.15) is 22.0 Å². The Kier molecular flexibility index (Phi) is 5.67. The molecule has 0 saturated carbocycles. The molecule has 0 atom stereocenters. The van der Waals surface area contributed by atoms with Crippen LogP contribution in [0.25, 0.3) is 5.83 Å². The number of halogens is 10. The lowest BCUT2D eigenvalue weighted by molar-refractivity contribution is -0.187. The van der Waals surface area contributed by atoms with Gasteiger partial charge < -0.3 is 4.74 Å². The van der Waals surface area contributed by atoms with Crippen LogP contribution in [0.3, 0.4) is 0 Å². The number of ether oxygens (including phenoxy) is 1. The molecule has 0 saturated heterocycles. The molecule has 1 nitrogen and oxygen atoms in total. The van der Waals surface area contributed by atoms with Crippen molar-refractivity contribution in [3.8, 4) is 5.75 Å². The van der Waals surface area contributed by atoms with Crippen LogP contribution in [0.5, 0.6) is 5.75 Å². The van der Waals surface area contributed by atoms with E-state index in [2.05, 4.69) is 4.74 Å². The Balaban J connectivity index is 2.43. The maximum Gasteiger partial charge on any atom is 0.429 e. The second kappa shape index (κ2) is 7.36. The van der Waals surface area contributed by atoms with Gasteiger partial charge in [0.25, 0.3) is 0 Å². The maximum atomic E-state index is 14.1. The molecule has 0 aliphatic rings. The van der Waals surface area contributed by atoms with E-state index in [-0.39, 0.29) is 17.7 Å². The molecule has 0 fully saturated rings. The first kappa shape index (κ1) is 21.6. The third-order valence-corrected chi connectivity index (χ3v) is 3.38. The molecule has 0 heterocycles.